The van der Waals surface area contributed by atoms with Gasteiger partial charge in [-0.05, 0) is 35.9 Å². The standard InChI is InChI=1S/C21H22N2O4/c1-25-18-6-4-5-15(9-18)12-23-13-17(22-14-23)11-19(24)16-7-8-20(26-2)21(10-16)27-3/h4-10,13-14H,11-12H2,1-3H3. The van der Waals surface area contributed by atoms with Gasteiger partial charge in [0.1, 0.15) is 5.75 Å². The lowest BCUT2D eigenvalue weighted by molar-refractivity contribution is 0.0991. The summed E-state index contributed by atoms with van der Waals surface area (Å²) in [6, 6.07) is 13.0. The maximum Gasteiger partial charge on any atom is 0.169 e. The minimum Gasteiger partial charge on any atom is -0.497 e. The first-order chi connectivity index (χ1) is 13.1. The fraction of sp³-hybridized carbons (Fsp3) is 0.238. The van der Waals surface area contributed by atoms with Crippen molar-refractivity contribution in [2.45, 2.75) is 13.0 Å². The van der Waals surface area contributed by atoms with E-state index in [0.717, 1.165) is 17.0 Å². The quantitative estimate of drug-likeness (QED) is 0.572. The number of aromatic nitrogens is 2. The molecule has 0 unspecified atom stereocenters. The second-order valence-electron chi connectivity index (χ2n) is 6.06. The van der Waals surface area contributed by atoms with Crippen molar-refractivity contribution in [2.24, 2.45) is 0 Å². The molecule has 0 amide bonds. The molecule has 0 bridgehead atoms. The summed E-state index contributed by atoms with van der Waals surface area (Å²) in [4.78, 5) is 16.9. The van der Waals surface area contributed by atoms with Gasteiger partial charge >= 0.3 is 0 Å². The van der Waals surface area contributed by atoms with Crippen molar-refractivity contribution in [2.75, 3.05) is 21.3 Å². The summed E-state index contributed by atoms with van der Waals surface area (Å²) in [5.74, 6) is 1.92. The number of rotatable bonds is 8. The van der Waals surface area contributed by atoms with Crippen LogP contribution in [0, 0.1) is 0 Å². The zero-order valence-electron chi connectivity index (χ0n) is 15.6. The van der Waals surface area contributed by atoms with Gasteiger partial charge in [-0.1, -0.05) is 12.1 Å². The molecule has 0 fully saturated rings. The van der Waals surface area contributed by atoms with Crippen LogP contribution >= 0.6 is 0 Å². The van der Waals surface area contributed by atoms with E-state index in [4.69, 9.17) is 14.2 Å². The van der Waals surface area contributed by atoms with Gasteiger partial charge in [0, 0.05) is 18.3 Å². The second kappa shape index (κ2) is 8.40. The van der Waals surface area contributed by atoms with Gasteiger partial charge in [-0.15, -0.1) is 0 Å². The molecule has 0 aliphatic rings. The van der Waals surface area contributed by atoms with Crippen molar-refractivity contribution in [1.29, 1.82) is 0 Å². The molecule has 1 heterocycles. The van der Waals surface area contributed by atoms with E-state index in [1.54, 1.807) is 45.9 Å². The predicted octanol–water partition coefficient (Wildman–Crippen LogP) is 3.38. The van der Waals surface area contributed by atoms with Crippen LogP contribution in [0.4, 0.5) is 0 Å². The second-order valence-corrected chi connectivity index (χ2v) is 6.06. The number of methoxy groups -OCH3 is 3. The number of carbonyl (C=O) groups excluding carboxylic acids is 1. The Bertz CT molecular complexity index is 933. The van der Waals surface area contributed by atoms with Gasteiger partial charge in [0.15, 0.2) is 17.3 Å². The molecule has 1 aromatic heterocycles. The summed E-state index contributed by atoms with van der Waals surface area (Å²) in [6.07, 6.45) is 3.84. The average molecular weight is 366 g/mol. The SMILES string of the molecule is COc1cccc(Cn2cnc(CC(=O)c3ccc(OC)c(OC)c3)c2)c1. The lowest BCUT2D eigenvalue weighted by Gasteiger charge is -2.08. The first kappa shape index (κ1) is 18.5. The molecule has 6 nitrogen and oxygen atoms in total. The van der Waals surface area contributed by atoms with E-state index in [9.17, 15) is 4.79 Å². The highest BCUT2D eigenvalue weighted by Crippen LogP contribution is 2.28. The molecule has 0 aliphatic heterocycles. The molecule has 0 radical (unpaired) electrons. The fourth-order valence-corrected chi connectivity index (χ4v) is 2.84. The van der Waals surface area contributed by atoms with Gasteiger partial charge in [0.25, 0.3) is 0 Å². The van der Waals surface area contributed by atoms with E-state index in [0.29, 0.717) is 23.6 Å². The highest BCUT2D eigenvalue weighted by Gasteiger charge is 2.13. The minimum atomic E-state index is -0.0254. The van der Waals surface area contributed by atoms with Crippen LogP contribution in [0.5, 0.6) is 17.2 Å². The number of benzene rings is 2. The largest absolute Gasteiger partial charge is 0.497 e. The summed E-state index contributed by atoms with van der Waals surface area (Å²) in [5, 5.41) is 0. The molecule has 3 rings (SSSR count). The van der Waals surface area contributed by atoms with E-state index < -0.39 is 0 Å². The first-order valence-corrected chi connectivity index (χ1v) is 8.51. The number of hydrogen-bond donors (Lipinski definition) is 0. The lowest BCUT2D eigenvalue weighted by Crippen LogP contribution is -2.05. The highest BCUT2D eigenvalue weighted by molar-refractivity contribution is 5.97. The monoisotopic (exact) mass is 366 g/mol. The Hall–Kier alpha value is -3.28. The Morgan fingerprint density at radius 2 is 1.81 bits per heavy atom. The Balaban J connectivity index is 1.69. The number of hydrogen-bond acceptors (Lipinski definition) is 5. The van der Waals surface area contributed by atoms with Crippen molar-refractivity contribution < 1.29 is 19.0 Å². The summed E-state index contributed by atoms with van der Waals surface area (Å²) >= 11 is 0. The molecule has 0 saturated carbocycles. The van der Waals surface area contributed by atoms with Crippen molar-refractivity contribution in [3.05, 3.63) is 71.8 Å². The van der Waals surface area contributed by atoms with E-state index in [1.165, 1.54) is 0 Å². The molecular formula is C21H22N2O4. The molecule has 6 heteroatoms. The first-order valence-electron chi connectivity index (χ1n) is 8.51. The van der Waals surface area contributed by atoms with Gasteiger partial charge in [-0.25, -0.2) is 4.98 Å². The van der Waals surface area contributed by atoms with Crippen LogP contribution in [0.2, 0.25) is 0 Å². The molecule has 27 heavy (non-hydrogen) atoms. The number of ether oxygens (including phenoxy) is 3. The Morgan fingerprint density at radius 3 is 2.56 bits per heavy atom. The van der Waals surface area contributed by atoms with E-state index >= 15 is 0 Å². The van der Waals surface area contributed by atoms with Crippen molar-refractivity contribution in [1.82, 2.24) is 9.55 Å². The third-order valence-electron chi connectivity index (χ3n) is 4.23. The normalized spacial score (nSPS) is 10.5. The smallest absolute Gasteiger partial charge is 0.169 e. The topological polar surface area (TPSA) is 62.6 Å². The summed E-state index contributed by atoms with van der Waals surface area (Å²) in [7, 11) is 4.76. The molecule has 0 aliphatic carbocycles. The van der Waals surface area contributed by atoms with E-state index in [-0.39, 0.29) is 12.2 Å². The van der Waals surface area contributed by atoms with Crippen LogP contribution in [0.25, 0.3) is 0 Å². The van der Waals surface area contributed by atoms with Crippen LogP contribution in [0.15, 0.2) is 55.0 Å². The Kier molecular flexibility index (Phi) is 5.76. The number of carbonyl (C=O) groups is 1. The average Bonchev–Trinajstić information content (AvgIpc) is 3.14. The van der Waals surface area contributed by atoms with Crippen molar-refractivity contribution >= 4 is 5.78 Å². The summed E-state index contributed by atoms with van der Waals surface area (Å²) in [6.45, 7) is 0.661. The maximum atomic E-state index is 12.6. The molecule has 2 aromatic carbocycles. The number of nitrogens with zero attached hydrogens (tertiary/aromatic N) is 2. The maximum absolute atomic E-state index is 12.6. The molecular weight excluding hydrogens is 344 g/mol. The molecule has 3 aromatic rings. The third-order valence-corrected chi connectivity index (χ3v) is 4.23. The fourth-order valence-electron chi connectivity index (χ4n) is 2.84. The van der Waals surface area contributed by atoms with Crippen LogP contribution in [-0.2, 0) is 13.0 Å². The molecule has 140 valence electrons. The van der Waals surface area contributed by atoms with Crippen molar-refractivity contribution in [3.8, 4) is 17.2 Å². The number of ketones is 1. The molecule has 0 atom stereocenters. The third kappa shape index (κ3) is 4.47. The molecule has 0 N–H and O–H groups in total. The molecule has 0 spiro atoms. The van der Waals surface area contributed by atoms with E-state index in [2.05, 4.69) is 4.98 Å². The van der Waals surface area contributed by atoms with Gasteiger partial charge in [-0.2, -0.15) is 0 Å². The summed E-state index contributed by atoms with van der Waals surface area (Å²) in [5.41, 5.74) is 2.39. The number of Topliss-reactive ketones (excluding diaryl/α,β-unsaturated/α-hetero) is 1. The van der Waals surface area contributed by atoms with Crippen molar-refractivity contribution in [3.63, 3.8) is 0 Å². The van der Waals surface area contributed by atoms with Crippen LogP contribution in [-0.4, -0.2) is 36.7 Å². The minimum absolute atomic E-state index is 0.0254. The van der Waals surface area contributed by atoms with Crippen LogP contribution in [0.1, 0.15) is 21.6 Å². The lowest BCUT2D eigenvalue weighted by atomic mass is 10.1. The van der Waals surface area contributed by atoms with Gasteiger partial charge in [0.2, 0.25) is 0 Å². The van der Waals surface area contributed by atoms with Gasteiger partial charge in [0.05, 0.1) is 39.8 Å². The number of imidazole rings is 1. The van der Waals surface area contributed by atoms with Gasteiger partial charge in [-0.3, -0.25) is 4.79 Å². The van der Waals surface area contributed by atoms with Crippen LogP contribution < -0.4 is 14.2 Å². The zero-order valence-corrected chi connectivity index (χ0v) is 15.6. The summed E-state index contributed by atoms with van der Waals surface area (Å²) < 4.78 is 17.7. The highest BCUT2D eigenvalue weighted by atomic mass is 16.5. The predicted molar refractivity (Wildman–Crippen MR) is 102 cm³/mol. The molecule has 0 saturated heterocycles. The van der Waals surface area contributed by atoms with Gasteiger partial charge < -0.3 is 18.8 Å². The Labute approximate surface area is 158 Å². The van der Waals surface area contributed by atoms with Crippen LogP contribution in [0.3, 0.4) is 0 Å². The Morgan fingerprint density at radius 1 is 1.00 bits per heavy atom. The van der Waals surface area contributed by atoms with E-state index in [1.807, 2.05) is 35.0 Å². The zero-order chi connectivity index (χ0) is 19.2.